The standard InChI is InChI=1S/C13H16INO6S/c14-11-5-3-10(4-6-11)13(17)15-7-1-2-12(16)21-8-9-22(18,19)20/h3-6H,1-2,7-9H2,(H,15,17)(H,18,19,20). The minimum Gasteiger partial charge on any atom is -0.464 e. The summed E-state index contributed by atoms with van der Waals surface area (Å²) in [5, 5.41) is 2.67. The van der Waals surface area contributed by atoms with Crippen LogP contribution >= 0.6 is 22.6 Å². The highest BCUT2D eigenvalue weighted by molar-refractivity contribution is 14.1. The van der Waals surface area contributed by atoms with E-state index in [4.69, 9.17) is 4.55 Å². The average Bonchev–Trinajstić information content (AvgIpc) is 2.42. The molecular weight excluding hydrogens is 425 g/mol. The number of hydrogen-bond donors (Lipinski definition) is 2. The van der Waals surface area contributed by atoms with Gasteiger partial charge in [-0.15, -0.1) is 0 Å². The Hall–Kier alpha value is -1.20. The van der Waals surface area contributed by atoms with Gasteiger partial charge in [0.1, 0.15) is 12.4 Å². The number of carbonyl (C=O) groups excluding carboxylic acids is 2. The summed E-state index contributed by atoms with van der Waals surface area (Å²) in [6.07, 6.45) is 0.430. The molecule has 0 fully saturated rings. The van der Waals surface area contributed by atoms with Crippen molar-refractivity contribution in [1.82, 2.24) is 5.32 Å². The fourth-order valence-electron chi connectivity index (χ4n) is 1.47. The fourth-order valence-corrected chi connectivity index (χ4v) is 2.12. The molecular formula is C13H16INO6S. The van der Waals surface area contributed by atoms with E-state index in [-0.39, 0.29) is 18.9 Å². The molecule has 0 aliphatic carbocycles. The Morgan fingerprint density at radius 1 is 1.23 bits per heavy atom. The zero-order valence-corrected chi connectivity index (χ0v) is 14.6. The van der Waals surface area contributed by atoms with Gasteiger partial charge in [-0.25, -0.2) is 0 Å². The third kappa shape index (κ3) is 8.29. The molecule has 0 unspecified atom stereocenters. The molecule has 0 saturated heterocycles. The Kier molecular flexibility index (Phi) is 7.76. The largest absolute Gasteiger partial charge is 0.464 e. The summed E-state index contributed by atoms with van der Waals surface area (Å²) >= 11 is 2.14. The lowest BCUT2D eigenvalue weighted by Gasteiger charge is -2.06. The third-order valence-electron chi connectivity index (χ3n) is 2.55. The molecule has 0 heterocycles. The van der Waals surface area contributed by atoms with E-state index in [1.54, 1.807) is 12.1 Å². The molecule has 0 aromatic heterocycles. The highest BCUT2D eigenvalue weighted by Gasteiger charge is 2.09. The maximum Gasteiger partial charge on any atom is 0.305 e. The van der Waals surface area contributed by atoms with Crippen molar-refractivity contribution < 1.29 is 27.3 Å². The molecule has 122 valence electrons. The van der Waals surface area contributed by atoms with E-state index >= 15 is 0 Å². The van der Waals surface area contributed by atoms with Gasteiger partial charge in [-0.2, -0.15) is 8.42 Å². The van der Waals surface area contributed by atoms with Gasteiger partial charge in [0, 0.05) is 22.1 Å². The van der Waals surface area contributed by atoms with Crippen LogP contribution in [0.2, 0.25) is 0 Å². The van der Waals surface area contributed by atoms with Crippen LogP contribution in [-0.2, 0) is 19.6 Å². The van der Waals surface area contributed by atoms with Gasteiger partial charge in [0.25, 0.3) is 16.0 Å². The molecule has 7 nitrogen and oxygen atoms in total. The van der Waals surface area contributed by atoms with Crippen LogP contribution in [0.25, 0.3) is 0 Å². The second-order valence-electron chi connectivity index (χ2n) is 4.37. The Labute approximate surface area is 142 Å². The Morgan fingerprint density at radius 2 is 1.86 bits per heavy atom. The molecule has 0 radical (unpaired) electrons. The van der Waals surface area contributed by atoms with Crippen LogP contribution < -0.4 is 5.32 Å². The summed E-state index contributed by atoms with van der Waals surface area (Å²) in [6, 6.07) is 7.06. The van der Waals surface area contributed by atoms with Crippen molar-refractivity contribution >= 4 is 44.6 Å². The van der Waals surface area contributed by atoms with Gasteiger partial charge in [-0.05, 0) is 53.3 Å². The van der Waals surface area contributed by atoms with E-state index in [1.165, 1.54) is 0 Å². The predicted molar refractivity (Wildman–Crippen MR) is 88.1 cm³/mol. The van der Waals surface area contributed by atoms with Gasteiger partial charge in [0.05, 0.1) is 0 Å². The number of halogens is 1. The van der Waals surface area contributed by atoms with Crippen molar-refractivity contribution in [3.8, 4) is 0 Å². The molecule has 0 spiro atoms. The summed E-state index contributed by atoms with van der Waals surface area (Å²) in [6.45, 7) is -0.0785. The topological polar surface area (TPSA) is 110 Å². The molecule has 0 atom stereocenters. The van der Waals surface area contributed by atoms with Crippen molar-refractivity contribution in [1.29, 1.82) is 0 Å². The molecule has 0 aliphatic rings. The van der Waals surface area contributed by atoms with Gasteiger partial charge in [-0.3, -0.25) is 14.1 Å². The van der Waals surface area contributed by atoms with Crippen molar-refractivity contribution in [3.63, 3.8) is 0 Å². The first-order valence-corrected chi connectivity index (χ1v) is 9.11. The zero-order valence-electron chi connectivity index (χ0n) is 11.6. The van der Waals surface area contributed by atoms with Gasteiger partial charge in [0.2, 0.25) is 0 Å². The highest BCUT2D eigenvalue weighted by Crippen LogP contribution is 2.06. The molecule has 1 amide bonds. The summed E-state index contributed by atoms with van der Waals surface area (Å²) < 4.78 is 35.0. The van der Waals surface area contributed by atoms with Crippen LogP contribution in [0, 0.1) is 3.57 Å². The van der Waals surface area contributed by atoms with E-state index in [0.717, 1.165) is 3.57 Å². The van der Waals surface area contributed by atoms with Crippen LogP contribution in [0.1, 0.15) is 23.2 Å². The number of amides is 1. The highest BCUT2D eigenvalue weighted by atomic mass is 127. The smallest absolute Gasteiger partial charge is 0.305 e. The predicted octanol–water partition coefficient (Wildman–Crippen LogP) is 1.23. The average molecular weight is 441 g/mol. The van der Waals surface area contributed by atoms with Crippen molar-refractivity contribution in [2.75, 3.05) is 18.9 Å². The van der Waals surface area contributed by atoms with Gasteiger partial charge < -0.3 is 10.1 Å². The van der Waals surface area contributed by atoms with Gasteiger partial charge in [0.15, 0.2) is 0 Å². The fraction of sp³-hybridized carbons (Fsp3) is 0.385. The molecule has 1 rings (SSSR count). The molecule has 22 heavy (non-hydrogen) atoms. The van der Waals surface area contributed by atoms with E-state index in [0.29, 0.717) is 18.5 Å². The minimum absolute atomic E-state index is 0.0540. The van der Waals surface area contributed by atoms with E-state index in [1.807, 2.05) is 12.1 Å². The lowest BCUT2D eigenvalue weighted by atomic mass is 10.2. The minimum atomic E-state index is -4.12. The lowest BCUT2D eigenvalue weighted by molar-refractivity contribution is -0.143. The first-order valence-electron chi connectivity index (χ1n) is 6.42. The second kappa shape index (κ2) is 9.06. The first kappa shape index (κ1) is 18.8. The molecule has 2 N–H and O–H groups in total. The second-order valence-corrected chi connectivity index (χ2v) is 7.19. The van der Waals surface area contributed by atoms with Crippen molar-refractivity contribution in [2.45, 2.75) is 12.8 Å². The molecule has 0 saturated carbocycles. The van der Waals surface area contributed by atoms with Crippen LogP contribution in [0.5, 0.6) is 0 Å². The number of hydrogen-bond acceptors (Lipinski definition) is 5. The SMILES string of the molecule is O=C(CCCNC(=O)c1ccc(I)cc1)OCCS(=O)(=O)O. The van der Waals surface area contributed by atoms with Crippen LogP contribution in [0.15, 0.2) is 24.3 Å². The van der Waals surface area contributed by atoms with Gasteiger partial charge >= 0.3 is 5.97 Å². The molecule has 0 bridgehead atoms. The van der Waals surface area contributed by atoms with Gasteiger partial charge in [-0.1, -0.05) is 0 Å². The summed E-state index contributed by atoms with van der Waals surface area (Å²) in [7, 11) is -4.12. The molecule has 0 aliphatic heterocycles. The Morgan fingerprint density at radius 3 is 2.45 bits per heavy atom. The van der Waals surface area contributed by atoms with E-state index in [9.17, 15) is 18.0 Å². The lowest BCUT2D eigenvalue weighted by Crippen LogP contribution is -2.25. The molecule has 1 aromatic carbocycles. The number of ether oxygens (including phenoxy) is 1. The maximum absolute atomic E-state index is 11.8. The summed E-state index contributed by atoms with van der Waals surface area (Å²) in [5.41, 5.74) is 0.538. The summed E-state index contributed by atoms with van der Waals surface area (Å²) in [4.78, 5) is 23.0. The van der Waals surface area contributed by atoms with Crippen molar-refractivity contribution in [2.24, 2.45) is 0 Å². The zero-order chi connectivity index (χ0) is 16.6. The molecule has 9 heteroatoms. The Bertz CT molecular complexity index is 614. The normalized spacial score (nSPS) is 11.0. The van der Waals surface area contributed by atoms with E-state index < -0.39 is 21.8 Å². The summed E-state index contributed by atoms with van der Waals surface area (Å²) in [5.74, 6) is -1.43. The van der Waals surface area contributed by atoms with Crippen LogP contribution in [-0.4, -0.2) is 43.8 Å². The Balaban J connectivity index is 2.18. The molecule has 1 aromatic rings. The number of esters is 1. The number of benzene rings is 1. The maximum atomic E-state index is 11.8. The number of nitrogens with one attached hydrogen (secondary N) is 1. The third-order valence-corrected chi connectivity index (χ3v) is 3.96. The monoisotopic (exact) mass is 441 g/mol. The number of rotatable bonds is 8. The van der Waals surface area contributed by atoms with Crippen LogP contribution in [0.3, 0.4) is 0 Å². The van der Waals surface area contributed by atoms with Crippen LogP contribution in [0.4, 0.5) is 0 Å². The van der Waals surface area contributed by atoms with Crippen molar-refractivity contribution in [3.05, 3.63) is 33.4 Å². The quantitative estimate of drug-likeness (QED) is 0.272. The number of carbonyl (C=O) groups is 2. The first-order chi connectivity index (χ1) is 10.3. The van der Waals surface area contributed by atoms with E-state index in [2.05, 4.69) is 32.6 Å².